The standard InChI is InChI=1S/C16H23N3O2/c1-2-18-16(21)12-7-3-4-9-14(12)19-15(20)10-11-6-5-8-13(11)17/h3-4,7,9,11,13H,2,5-6,8,10,17H2,1H3,(H,18,21)(H,19,20)/t11-,13+/m0/s1. The lowest BCUT2D eigenvalue weighted by molar-refractivity contribution is -0.117. The van der Waals surface area contributed by atoms with Gasteiger partial charge in [-0.15, -0.1) is 0 Å². The molecule has 2 rings (SSSR count). The van der Waals surface area contributed by atoms with Gasteiger partial charge in [-0.1, -0.05) is 18.6 Å². The van der Waals surface area contributed by atoms with E-state index >= 15 is 0 Å². The minimum absolute atomic E-state index is 0.0749. The number of rotatable bonds is 5. The molecule has 0 aromatic heterocycles. The molecule has 1 saturated carbocycles. The average molecular weight is 289 g/mol. The second kappa shape index (κ2) is 7.22. The van der Waals surface area contributed by atoms with E-state index in [2.05, 4.69) is 10.6 Å². The number of nitrogens with two attached hydrogens (primary N) is 1. The van der Waals surface area contributed by atoms with Gasteiger partial charge in [0, 0.05) is 19.0 Å². The van der Waals surface area contributed by atoms with Crippen LogP contribution in [0.25, 0.3) is 0 Å². The van der Waals surface area contributed by atoms with Gasteiger partial charge in [0.05, 0.1) is 11.3 Å². The van der Waals surface area contributed by atoms with Gasteiger partial charge in [0.2, 0.25) is 5.91 Å². The lowest BCUT2D eigenvalue weighted by atomic mass is 9.99. The Bertz CT molecular complexity index is 516. The third kappa shape index (κ3) is 4.04. The zero-order valence-electron chi connectivity index (χ0n) is 12.4. The predicted molar refractivity (Wildman–Crippen MR) is 83.0 cm³/mol. The Morgan fingerprint density at radius 1 is 1.29 bits per heavy atom. The van der Waals surface area contributed by atoms with E-state index in [1.54, 1.807) is 24.3 Å². The maximum absolute atomic E-state index is 12.1. The van der Waals surface area contributed by atoms with Crippen molar-refractivity contribution in [1.82, 2.24) is 5.32 Å². The van der Waals surface area contributed by atoms with E-state index in [0.717, 1.165) is 19.3 Å². The highest BCUT2D eigenvalue weighted by atomic mass is 16.2. The number of benzene rings is 1. The maximum atomic E-state index is 12.1. The lowest BCUT2D eigenvalue weighted by Crippen LogP contribution is -2.29. The maximum Gasteiger partial charge on any atom is 0.253 e. The highest BCUT2D eigenvalue weighted by Gasteiger charge is 2.26. The smallest absolute Gasteiger partial charge is 0.253 e. The van der Waals surface area contributed by atoms with Crippen LogP contribution in [0.1, 0.15) is 43.0 Å². The molecule has 5 heteroatoms. The Hall–Kier alpha value is -1.88. The Labute approximate surface area is 125 Å². The van der Waals surface area contributed by atoms with Gasteiger partial charge in [-0.05, 0) is 37.8 Å². The monoisotopic (exact) mass is 289 g/mol. The van der Waals surface area contributed by atoms with E-state index < -0.39 is 0 Å². The van der Waals surface area contributed by atoms with Crippen molar-refractivity contribution in [2.24, 2.45) is 11.7 Å². The van der Waals surface area contributed by atoms with Crippen molar-refractivity contribution >= 4 is 17.5 Å². The third-order valence-corrected chi connectivity index (χ3v) is 3.95. The van der Waals surface area contributed by atoms with Crippen molar-refractivity contribution in [1.29, 1.82) is 0 Å². The molecule has 0 bridgehead atoms. The van der Waals surface area contributed by atoms with E-state index in [9.17, 15) is 9.59 Å². The minimum atomic E-state index is -0.175. The van der Waals surface area contributed by atoms with Crippen LogP contribution in [0, 0.1) is 5.92 Å². The van der Waals surface area contributed by atoms with Crippen molar-refractivity contribution in [3.63, 3.8) is 0 Å². The molecule has 0 spiro atoms. The Morgan fingerprint density at radius 3 is 2.71 bits per heavy atom. The van der Waals surface area contributed by atoms with E-state index in [1.807, 2.05) is 6.92 Å². The molecule has 21 heavy (non-hydrogen) atoms. The van der Waals surface area contributed by atoms with E-state index in [4.69, 9.17) is 5.73 Å². The van der Waals surface area contributed by atoms with E-state index in [0.29, 0.717) is 24.2 Å². The molecule has 0 unspecified atom stereocenters. The van der Waals surface area contributed by atoms with E-state index in [-0.39, 0.29) is 23.8 Å². The summed E-state index contributed by atoms with van der Waals surface area (Å²) in [5.74, 6) is 0.00157. The molecule has 1 aromatic rings. The summed E-state index contributed by atoms with van der Waals surface area (Å²) in [5, 5.41) is 5.59. The number of carbonyl (C=O) groups excluding carboxylic acids is 2. The predicted octanol–water partition coefficient (Wildman–Crippen LogP) is 1.89. The normalized spacial score (nSPS) is 21.0. The molecule has 1 aliphatic carbocycles. The van der Waals surface area contributed by atoms with Crippen molar-refractivity contribution in [3.8, 4) is 0 Å². The molecule has 0 aliphatic heterocycles. The Balaban J connectivity index is 2.01. The molecule has 0 radical (unpaired) electrons. The molecule has 2 atom stereocenters. The summed E-state index contributed by atoms with van der Waals surface area (Å²) in [4.78, 5) is 24.1. The number of hydrogen-bond donors (Lipinski definition) is 3. The van der Waals surface area contributed by atoms with Crippen molar-refractivity contribution in [2.45, 2.75) is 38.6 Å². The molecule has 1 aliphatic rings. The van der Waals surface area contributed by atoms with Crippen LogP contribution in [0.5, 0.6) is 0 Å². The van der Waals surface area contributed by atoms with Crippen LogP contribution in [0.2, 0.25) is 0 Å². The van der Waals surface area contributed by atoms with Gasteiger partial charge in [-0.2, -0.15) is 0 Å². The summed E-state index contributed by atoms with van der Waals surface area (Å²) in [5.41, 5.74) is 7.04. The minimum Gasteiger partial charge on any atom is -0.352 e. The van der Waals surface area contributed by atoms with Crippen LogP contribution in [0.15, 0.2) is 24.3 Å². The third-order valence-electron chi connectivity index (χ3n) is 3.95. The molecule has 2 amide bonds. The second-order valence-corrected chi connectivity index (χ2v) is 5.51. The lowest BCUT2D eigenvalue weighted by Gasteiger charge is -2.16. The molecule has 5 nitrogen and oxygen atoms in total. The molecule has 114 valence electrons. The van der Waals surface area contributed by atoms with Crippen molar-refractivity contribution < 1.29 is 9.59 Å². The van der Waals surface area contributed by atoms with Gasteiger partial charge in [0.15, 0.2) is 0 Å². The van der Waals surface area contributed by atoms with Gasteiger partial charge < -0.3 is 16.4 Å². The highest BCUT2D eigenvalue weighted by molar-refractivity contribution is 6.03. The Morgan fingerprint density at radius 2 is 2.05 bits per heavy atom. The zero-order valence-corrected chi connectivity index (χ0v) is 12.4. The number of hydrogen-bond acceptors (Lipinski definition) is 3. The van der Waals surface area contributed by atoms with Crippen LogP contribution < -0.4 is 16.4 Å². The quantitative estimate of drug-likeness (QED) is 0.774. The molecular weight excluding hydrogens is 266 g/mol. The number of amides is 2. The number of para-hydroxylation sites is 1. The number of nitrogens with one attached hydrogen (secondary N) is 2. The first kappa shape index (κ1) is 15.5. The summed E-state index contributed by atoms with van der Waals surface area (Å²) in [7, 11) is 0. The SMILES string of the molecule is CCNC(=O)c1ccccc1NC(=O)C[C@@H]1CCC[C@H]1N. The van der Waals surface area contributed by atoms with Gasteiger partial charge in [0.1, 0.15) is 0 Å². The molecule has 1 fully saturated rings. The summed E-state index contributed by atoms with van der Waals surface area (Å²) in [6.07, 6.45) is 3.51. The summed E-state index contributed by atoms with van der Waals surface area (Å²) < 4.78 is 0. The molecule has 0 saturated heterocycles. The fourth-order valence-corrected chi connectivity index (χ4v) is 2.80. The van der Waals surface area contributed by atoms with Gasteiger partial charge in [-0.3, -0.25) is 9.59 Å². The average Bonchev–Trinajstić information content (AvgIpc) is 2.85. The van der Waals surface area contributed by atoms with Crippen LogP contribution in [-0.4, -0.2) is 24.4 Å². The summed E-state index contributed by atoms with van der Waals surface area (Å²) in [6.45, 7) is 2.42. The number of carbonyl (C=O) groups is 2. The number of anilines is 1. The zero-order chi connectivity index (χ0) is 15.2. The summed E-state index contributed by atoms with van der Waals surface area (Å²) >= 11 is 0. The molecule has 4 N–H and O–H groups in total. The fraction of sp³-hybridized carbons (Fsp3) is 0.500. The first-order valence-electron chi connectivity index (χ1n) is 7.54. The largest absolute Gasteiger partial charge is 0.352 e. The second-order valence-electron chi connectivity index (χ2n) is 5.51. The van der Waals surface area contributed by atoms with Gasteiger partial charge >= 0.3 is 0 Å². The fourth-order valence-electron chi connectivity index (χ4n) is 2.80. The van der Waals surface area contributed by atoms with Crippen molar-refractivity contribution in [3.05, 3.63) is 29.8 Å². The van der Waals surface area contributed by atoms with Crippen molar-refractivity contribution in [2.75, 3.05) is 11.9 Å². The van der Waals surface area contributed by atoms with Crippen LogP contribution in [-0.2, 0) is 4.79 Å². The van der Waals surface area contributed by atoms with Crippen LogP contribution in [0.3, 0.4) is 0 Å². The van der Waals surface area contributed by atoms with E-state index in [1.165, 1.54) is 0 Å². The molecule has 1 aromatic carbocycles. The first-order chi connectivity index (χ1) is 10.1. The molecule has 0 heterocycles. The topological polar surface area (TPSA) is 84.2 Å². The van der Waals surface area contributed by atoms with Crippen LogP contribution in [0.4, 0.5) is 5.69 Å². The first-order valence-corrected chi connectivity index (χ1v) is 7.54. The Kier molecular flexibility index (Phi) is 5.33. The summed E-state index contributed by atoms with van der Waals surface area (Å²) in [6, 6.07) is 7.17. The molecular formula is C16H23N3O2. The highest BCUT2D eigenvalue weighted by Crippen LogP contribution is 2.27. The van der Waals surface area contributed by atoms with Gasteiger partial charge in [-0.25, -0.2) is 0 Å². The van der Waals surface area contributed by atoms with Gasteiger partial charge in [0.25, 0.3) is 5.91 Å². The van der Waals surface area contributed by atoms with Crippen LogP contribution >= 0.6 is 0 Å².